The highest BCUT2D eigenvalue weighted by atomic mass is 16.2. The molecule has 4 nitrogen and oxygen atoms in total. The summed E-state index contributed by atoms with van der Waals surface area (Å²) in [6.45, 7) is 9.25. The standard InChI is InChI=1S/C14H27N3O/c1-3-16-7-9-17(10-8-16)14(18)12-5-4-6-13(15)11(12)2/h11-13H,3-10,15H2,1-2H3. The van der Waals surface area contributed by atoms with E-state index in [-0.39, 0.29) is 12.0 Å². The van der Waals surface area contributed by atoms with Gasteiger partial charge in [0.2, 0.25) is 5.91 Å². The van der Waals surface area contributed by atoms with Crippen LogP contribution in [0.3, 0.4) is 0 Å². The molecule has 1 saturated carbocycles. The minimum atomic E-state index is 0.168. The molecule has 2 rings (SSSR count). The molecule has 104 valence electrons. The molecule has 3 unspecified atom stereocenters. The lowest BCUT2D eigenvalue weighted by Crippen LogP contribution is -2.52. The quantitative estimate of drug-likeness (QED) is 0.796. The molecule has 1 aliphatic heterocycles. The summed E-state index contributed by atoms with van der Waals surface area (Å²) in [7, 11) is 0. The van der Waals surface area contributed by atoms with Gasteiger partial charge in [-0.3, -0.25) is 4.79 Å². The van der Waals surface area contributed by atoms with E-state index in [2.05, 4.69) is 23.6 Å². The Bertz CT molecular complexity index is 287. The topological polar surface area (TPSA) is 49.6 Å². The van der Waals surface area contributed by atoms with Crippen LogP contribution in [-0.2, 0) is 4.79 Å². The molecule has 1 aliphatic carbocycles. The van der Waals surface area contributed by atoms with E-state index in [0.29, 0.717) is 11.8 Å². The van der Waals surface area contributed by atoms with Crippen molar-refractivity contribution in [2.45, 2.75) is 39.2 Å². The minimum Gasteiger partial charge on any atom is -0.340 e. The summed E-state index contributed by atoms with van der Waals surface area (Å²) < 4.78 is 0. The molecule has 1 amide bonds. The van der Waals surface area contributed by atoms with Crippen molar-refractivity contribution in [2.75, 3.05) is 32.7 Å². The van der Waals surface area contributed by atoms with Gasteiger partial charge in [0, 0.05) is 38.1 Å². The largest absolute Gasteiger partial charge is 0.340 e. The fourth-order valence-electron chi connectivity index (χ4n) is 3.27. The van der Waals surface area contributed by atoms with Gasteiger partial charge in [-0.2, -0.15) is 0 Å². The van der Waals surface area contributed by atoms with Crippen LogP contribution in [0.25, 0.3) is 0 Å². The van der Waals surface area contributed by atoms with E-state index in [1.54, 1.807) is 0 Å². The van der Waals surface area contributed by atoms with Gasteiger partial charge in [0.25, 0.3) is 0 Å². The third-order valence-corrected chi connectivity index (χ3v) is 4.81. The van der Waals surface area contributed by atoms with Crippen LogP contribution in [-0.4, -0.2) is 54.5 Å². The molecule has 2 fully saturated rings. The van der Waals surface area contributed by atoms with Crippen molar-refractivity contribution in [1.29, 1.82) is 0 Å². The number of hydrogen-bond acceptors (Lipinski definition) is 3. The predicted molar refractivity (Wildman–Crippen MR) is 73.2 cm³/mol. The molecule has 1 saturated heterocycles. The molecular formula is C14H27N3O. The summed E-state index contributed by atoms with van der Waals surface area (Å²) >= 11 is 0. The highest BCUT2D eigenvalue weighted by molar-refractivity contribution is 5.79. The van der Waals surface area contributed by atoms with Crippen molar-refractivity contribution < 1.29 is 4.79 Å². The second-order valence-electron chi connectivity index (χ2n) is 5.82. The van der Waals surface area contributed by atoms with Crippen LogP contribution in [0, 0.1) is 11.8 Å². The van der Waals surface area contributed by atoms with E-state index in [1.165, 1.54) is 0 Å². The van der Waals surface area contributed by atoms with Gasteiger partial charge in [-0.25, -0.2) is 0 Å². The molecule has 0 spiro atoms. The Kier molecular flexibility index (Phi) is 4.62. The van der Waals surface area contributed by atoms with Crippen LogP contribution in [0.1, 0.15) is 33.1 Å². The van der Waals surface area contributed by atoms with Crippen molar-refractivity contribution in [3.8, 4) is 0 Å². The van der Waals surface area contributed by atoms with Crippen LogP contribution < -0.4 is 5.73 Å². The van der Waals surface area contributed by atoms with E-state index < -0.39 is 0 Å². The van der Waals surface area contributed by atoms with Gasteiger partial charge in [-0.05, 0) is 25.3 Å². The molecule has 3 atom stereocenters. The van der Waals surface area contributed by atoms with E-state index in [1.807, 2.05) is 0 Å². The summed E-state index contributed by atoms with van der Waals surface area (Å²) in [5.41, 5.74) is 6.10. The normalized spacial score (nSPS) is 34.6. The number of nitrogens with two attached hydrogens (primary N) is 1. The van der Waals surface area contributed by atoms with E-state index in [0.717, 1.165) is 52.0 Å². The molecule has 18 heavy (non-hydrogen) atoms. The Labute approximate surface area is 110 Å². The molecule has 2 aliphatic rings. The zero-order chi connectivity index (χ0) is 13.1. The Hall–Kier alpha value is -0.610. The van der Waals surface area contributed by atoms with Crippen molar-refractivity contribution in [3.05, 3.63) is 0 Å². The van der Waals surface area contributed by atoms with Gasteiger partial charge in [-0.1, -0.05) is 20.3 Å². The Balaban J connectivity index is 1.91. The molecule has 0 aromatic heterocycles. The number of hydrogen-bond donors (Lipinski definition) is 1. The van der Waals surface area contributed by atoms with E-state index >= 15 is 0 Å². The molecular weight excluding hydrogens is 226 g/mol. The Morgan fingerprint density at radius 1 is 1.22 bits per heavy atom. The van der Waals surface area contributed by atoms with Crippen molar-refractivity contribution in [3.63, 3.8) is 0 Å². The van der Waals surface area contributed by atoms with Crippen LogP contribution >= 0.6 is 0 Å². The van der Waals surface area contributed by atoms with Crippen molar-refractivity contribution in [2.24, 2.45) is 17.6 Å². The summed E-state index contributed by atoms with van der Waals surface area (Å²) in [5.74, 6) is 0.866. The zero-order valence-corrected chi connectivity index (χ0v) is 11.8. The minimum absolute atomic E-state index is 0.168. The monoisotopic (exact) mass is 253 g/mol. The number of piperazine rings is 1. The van der Waals surface area contributed by atoms with Gasteiger partial charge >= 0.3 is 0 Å². The number of nitrogens with zero attached hydrogens (tertiary/aromatic N) is 2. The number of carbonyl (C=O) groups is 1. The highest BCUT2D eigenvalue weighted by Gasteiger charge is 2.35. The van der Waals surface area contributed by atoms with Crippen LogP contribution in [0.2, 0.25) is 0 Å². The smallest absolute Gasteiger partial charge is 0.226 e. The SMILES string of the molecule is CCN1CCN(C(=O)C2CCCC(N)C2C)CC1. The fraction of sp³-hybridized carbons (Fsp3) is 0.929. The third kappa shape index (κ3) is 2.86. The first-order valence-corrected chi connectivity index (χ1v) is 7.40. The molecule has 2 N–H and O–H groups in total. The number of rotatable bonds is 2. The maximum Gasteiger partial charge on any atom is 0.226 e. The van der Waals surface area contributed by atoms with Gasteiger partial charge in [0.05, 0.1) is 0 Å². The van der Waals surface area contributed by atoms with Gasteiger partial charge in [0.15, 0.2) is 0 Å². The maximum absolute atomic E-state index is 12.6. The summed E-state index contributed by atoms with van der Waals surface area (Å²) in [6.07, 6.45) is 3.22. The lowest BCUT2D eigenvalue weighted by atomic mass is 9.76. The first-order valence-electron chi connectivity index (χ1n) is 7.40. The summed E-state index contributed by atoms with van der Waals surface area (Å²) in [6, 6.07) is 0.213. The summed E-state index contributed by atoms with van der Waals surface area (Å²) in [5, 5.41) is 0. The van der Waals surface area contributed by atoms with E-state index in [4.69, 9.17) is 5.73 Å². The second-order valence-corrected chi connectivity index (χ2v) is 5.82. The number of amides is 1. The highest BCUT2D eigenvalue weighted by Crippen LogP contribution is 2.30. The van der Waals surface area contributed by atoms with E-state index in [9.17, 15) is 4.79 Å². The van der Waals surface area contributed by atoms with Crippen molar-refractivity contribution in [1.82, 2.24) is 9.80 Å². The molecule has 1 heterocycles. The van der Waals surface area contributed by atoms with Crippen molar-refractivity contribution >= 4 is 5.91 Å². The predicted octanol–water partition coefficient (Wildman–Crippen LogP) is 0.914. The van der Waals surface area contributed by atoms with Crippen LogP contribution in [0.15, 0.2) is 0 Å². The van der Waals surface area contributed by atoms with Crippen LogP contribution in [0.4, 0.5) is 0 Å². The second kappa shape index (κ2) is 6.02. The van der Waals surface area contributed by atoms with Gasteiger partial charge < -0.3 is 15.5 Å². The lowest BCUT2D eigenvalue weighted by Gasteiger charge is -2.39. The average Bonchev–Trinajstić information content (AvgIpc) is 2.41. The van der Waals surface area contributed by atoms with Crippen LogP contribution in [0.5, 0.6) is 0 Å². The van der Waals surface area contributed by atoms with Gasteiger partial charge in [0.1, 0.15) is 0 Å². The number of likely N-dealkylation sites (N-methyl/N-ethyl adjacent to an activating group) is 1. The average molecular weight is 253 g/mol. The molecule has 0 aromatic rings. The first-order chi connectivity index (χ1) is 8.63. The molecule has 0 aromatic carbocycles. The Morgan fingerprint density at radius 2 is 1.89 bits per heavy atom. The lowest BCUT2D eigenvalue weighted by molar-refractivity contribution is -0.140. The molecule has 4 heteroatoms. The summed E-state index contributed by atoms with van der Waals surface area (Å²) in [4.78, 5) is 17.0. The number of carbonyl (C=O) groups excluding carboxylic acids is 1. The maximum atomic E-state index is 12.6. The molecule has 0 radical (unpaired) electrons. The molecule has 0 bridgehead atoms. The third-order valence-electron chi connectivity index (χ3n) is 4.81. The zero-order valence-electron chi connectivity index (χ0n) is 11.8. The fourth-order valence-corrected chi connectivity index (χ4v) is 3.27. The van der Waals surface area contributed by atoms with Gasteiger partial charge in [-0.15, -0.1) is 0 Å². The Morgan fingerprint density at radius 3 is 2.50 bits per heavy atom. The first kappa shape index (κ1) is 13.8.